The minimum Gasteiger partial charge on any atom is -0.496 e. The van der Waals surface area contributed by atoms with Gasteiger partial charge in [-0.25, -0.2) is 0 Å². The summed E-state index contributed by atoms with van der Waals surface area (Å²) in [5.41, 5.74) is 0. The molecule has 0 saturated heterocycles. The number of hydrogen-bond donors (Lipinski definition) is 0. The minimum absolute atomic E-state index is 0.272. The van der Waals surface area contributed by atoms with Gasteiger partial charge in [0.15, 0.2) is 0 Å². The Morgan fingerprint density at radius 3 is 2.44 bits per heavy atom. The summed E-state index contributed by atoms with van der Waals surface area (Å²) in [5.74, 6) is 1.76. The van der Waals surface area contributed by atoms with Crippen LogP contribution >= 0.6 is 31.9 Å². The predicted octanol–water partition coefficient (Wildman–Crippen LogP) is 4.36. The zero-order valence-electron chi connectivity index (χ0n) is 10.5. The van der Waals surface area contributed by atoms with E-state index in [0.717, 1.165) is 26.9 Å². The van der Waals surface area contributed by atoms with Crippen LogP contribution in [0.1, 0.15) is 26.2 Å². The normalized spacial score (nSPS) is 10.2. The second-order valence-electron chi connectivity index (χ2n) is 3.76. The summed E-state index contributed by atoms with van der Waals surface area (Å²) in [5, 5.41) is 0. The van der Waals surface area contributed by atoms with E-state index >= 15 is 0 Å². The molecule has 0 N–H and O–H groups in total. The molecule has 1 rings (SSSR count). The van der Waals surface area contributed by atoms with Crippen molar-refractivity contribution in [3.05, 3.63) is 21.1 Å². The highest BCUT2D eigenvalue weighted by Gasteiger charge is 2.08. The number of carbonyl (C=O) groups excluding carboxylic acids is 1. The average molecular weight is 380 g/mol. The van der Waals surface area contributed by atoms with Crippen molar-refractivity contribution >= 4 is 37.6 Å². The Bertz CT molecular complexity index is 419. The van der Waals surface area contributed by atoms with Gasteiger partial charge < -0.3 is 9.47 Å². The number of halogens is 2. The van der Waals surface area contributed by atoms with Gasteiger partial charge in [0.05, 0.1) is 22.7 Å². The maximum absolute atomic E-state index is 11.1. The maximum atomic E-state index is 11.1. The van der Waals surface area contributed by atoms with E-state index in [1.54, 1.807) is 7.11 Å². The Hall–Kier alpha value is -0.550. The van der Waals surface area contributed by atoms with Gasteiger partial charge in [-0.05, 0) is 50.4 Å². The molecule has 0 amide bonds. The van der Waals surface area contributed by atoms with E-state index in [0.29, 0.717) is 19.4 Å². The van der Waals surface area contributed by atoms with E-state index in [1.165, 1.54) is 0 Å². The van der Waals surface area contributed by atoms with Crippen LogP contribution in [0.5, 0.6) is 11.5 Å². The molecule has 0 spiro atoms. The van der Waals surface area contributed by atoms with Gasteiger partial charge in [-0.2, -0.15) is 0 Å². The van der Waals surface area contributed by atoms with E-state index < -0.39 is 0 Å². The van der Waals surface area contributed by atoms with E-state index in [2.05, 4.69) is 31.9 Å². The average Bonchev–Trinajstić information content (AvgIpc) is 2.37. The number of ether oxygens (including phenoxy) is 2. The summed E-state index contributed by atoms with van der Waals surface area (Å²) in [4.78, 5) is 11.1. The molecule has 0 aliphatic carbocycles. The summed E-state index contributed by atoms with van der Waals surface area (Å²) >= 11 is 6.83. The minimum atomic E-state index is 0.272. The van der Waals surface area contributed by atoms with Crippen molar-refractivity contribution in [3.63, 3.8) is 0 Å². The molecule has 1 aromatic carbocycles. The van der Waals surface area contributed by atoms with Gasteiger partial charge in [-0.3, -0.25) is 4.79 Å². The number of benzene rings is 1. The molecule has 0 radical (unpaired) electrons. The summed E-state index contributed by atoms with van der Waals surface area (Å²) in [7, 11) is 1.61. The fraction of sp³-hybridized carbons (Fsp3) is 0.462. The molecule has 0 aromatic heterocycles. The van der Waals surface area contributed by atoms with Gasteiger partial charge in [0, 0.05) is 12.8 Å². The van der Waals surface area contributed by atoms with Gasteiger partial charge in [0.1, 0.15) is 17.3 Å². The summed E-state index contributed by atoms with van der Waals surface area (Å²) in [6, 6.07) is 3.70. The Morgan fingerprint density at radius 1 is 1.22 bits per heavy atom. The first-order valence-corrected chi connectivity index (χ1v) is 7.34. The van der Waals surface area contributed by atoms with Crippen LogP contribution < -0.4 is 9.47 Å². The Kier molecular flexibility index (Phi) is 6.71. The van der Waals surface area contributed by atoms with E-state index in [1.807, 2.05) is 19.1 Å². The summed E-state index contributed by atoms with van der Waals surface area (Å²) in [6.07, 6.45) is 1.91. The highest BCUT2D eigenvalue weighted by Crippen LogP contribution is 2.36. The molecule has 0 heterocycles. The molecule has 100 valence electrons. The maximum Gasteiger partial charge on any atom is 0.134 e. The molecule has 1 aromatic rings. The molecular formula is C13H16Br2O3. The standard InChI is InChI=1S/C13H16Br2O3/c1-3-9(16)5-4-6-18-13-8-10(14)12(17-2)7-11(13)15/h7-8H,3-6H2,1-2H3. The smallest absolute Gasteiger partial charge is 0.134 e. The molecule has 0 unspecified atom stereocenters. The van der Waals surface area contributed by atoms with Gasteiger partial charge in [0.25, 0.3) is 0 Å². The molecule has 0 atom stereocenters. The molecule has 0 bridgehead atoms. The topological polar surface area (TPSA) is 35.5 Å². The van der Waals surface area contributed by atoms with E-state index in [-0.39, 0.29) is 5.78 Å². The van der Waals surface area contributed by atoms with Crippen molar-refractivity contribution in [1.82, 2.24) is 0 Å². The molecule has 0 fully saturated rings. The number of methoxy groups -OCH3 is 1. The Morgan fingerprint density at radius 2 is 1.83 bits per heavy atom. The lowest BCUT2D eigenvalue weighted by Gasteiger charge is -2.11. The van der Waals surface area contributed by atoms with Crippen LogP contribution in [0.2, 0.25) is 0 Å². The van der Waals surface area contributed by atoms with Gasteiger partial charge in [-0.15, -0.1) is 0 Å². The van der Waals surface area contributed by atoms with Crippen LogP contribution in [0.3, 0.4) is 0 Å². The van der Waals surface area contributed by atoms with Crippen LogP contribution in [0, 0.1) is 0 Å². The van der Waals surface area contributed by atoms with Gasteiger partial charge in [-0.1, -0.05) is 6.92 Å². The molecule has 5 heteroatoms. The quantitative estimate of drug-likeness (QED) is 0.660. The van der Waals surface area contributed by atoms with Crippen LogP contribution in [0.25, 0.3) is 0 Å². The van der Waals surface area contributed by atoms with Crippen molar-refractivity contribution in [2.24, 2.45) is 0 Å². The highest BCUT2D eigenvalue weighted by atomic mass is 79.9. The lowest BCUT2D eigenvalue weighted by Crippen LogP contribution is -2.02. The summed E-state index contributed by atoms with van der Waals surface area (Å²) in [6.45, 7) is 2.41. The third-order valence-corrected chi connectivity index (χ3v) is 3.70. The van der Waals surface area contributed by atoms with Crippen LogP contribution in [-0.2, 0) is 4.79 Å². The first kappa shape index (κ1) is 15.5. The SMILES string of the molecule is CCC(=O)CCCOc1cc(Br)c(OC)cc1Br. The number of Topliss-reactive ketones (excluding diaryl/α,β-unsaturated/α-hetero) is 1. The second kappa shape index (κ2) is 7.79. The van der Waals surface area contributed by atoms with Gasteiger partial charge >= 0.3 is 0 Å². The molecule has 0 aliphatic heterocycles. The first-order chi connectivity index (χ1) is 8.58. The molecular weight excluding hydrogens is 364 g/mol. The largest absolute Gasteiger partial charge is 0.496 e. The Labute approximate surface area is 124 Å². The van der Waals surface area contributed by atoms with Crippen molar-refractivity contribution in [2.45, 2.75) is 26.2 Å². The van der Waals surface area contributed by atoms with Crippen molar-refractivity contribution in [1.29, 1.82) is 0 Å². The lowest BCUT2D eigenvalue weighted by atomic mass is 10.2. The lowest BCUT2D eigenvalue weighted by molar-refractivity contribution is -0.118. The van der Waals surface area contributed by atoms with Crippen molar-refractivity contribution < 1.29 is 14.3 Å². The molecule has 0 aliphatic rings. The number of rotatable bonds is 7. The highest BCUT2D eigenvalue weighted by molar-refractivity contribution is 9.11. The van der Waals surface area contributed by atoms with Crippen molar-refractivity contribution in [2.75, 3.05) is 13.7 Å². The van der Waals surface area contributed by atoms with E-state index in [9.17, 15) is 4.79 Å². The third-order valence-electron chi connectivity index (χ3n) is 2.46. The third kappa shape index (κ3) is 4.61. The predicted molar refractivity (Wildman–Crippen MR) is 78.4 cm³/mol. The van der Waals surface area contributed by atoms with Crippen molar-refractivity contribution in [3.8, 4) is 11.5 Å². The van der Waals surface area contributed by atoms with Crippen LogP contribution in [0.4, 0.5) is 0 Å². The number of ketones is 1. The summed E-state index contributed by atoms with van der Waals surface area (Å²) < 4.78 is 12.5. The zero-order chi connectivity index (χ0) is 13.5. The Balaban J connectivity index is 2.52. The first-order valence-electron chi connectivity index (χ1n) is 5.76. The molecule has 3 nitrogen and oxygen atoms in total. The second-order valence-corrected chi connectivity index (χ2v) is 5.47. The van der Waals surface area contributed by atoms with Crippen LogP contribution in [-0.4, -0.2) is 19.5 Å². The fourth-order valence-corrected chi connectivity index (χ4v) is 2.33. The monoisotopic (exact) mass is 378 g/mol. The zero-order valence-corrected chi connectivity index (χ0v) is 13.6. The molecule has 0 saturated carbocycles. The van der Waals surface area contributed by atoms with E-state index in [4.69, 9.17) is 9.47 Å². The molecule has 18 heavy (non-hydrogen) atoms. The van der Waals surface area contributed by atoms with Crippen LogP contribution in [0.15, 0.2) is 21.1 Å². The fourth-order valence-electron chi connectivity index (χ4n) is 1.41. The number of carbonyl (C=O) groups is 1. The number of hydrogen-bond acceptors (Lipinski definition) is 3. The van der Waals surface area contributed by atoms with Gasteiger partial charge in [0.2, 0.25) is 0 Å².